The fourth-order valence-corrected chi connectivity index (χ4v) is 3.40. The van der Waals surface area contributed by atoms with Crippen LogP contribution in [0, 0.1) is 11.3 Å². The third-order valence-corrected chi connectivity index (χ3v) is 4.81. The molecule has 9 nitrogen and oxygen atoms in total. The van der Waals surface area contributed by atoms with E-state index >= 15 is 0 Å². The summed E-state index contributed by atoms with van der Waals surface area (Å²) in [6.45, 7) is 2.61. The molecule has 9 heteroatoms. The first-order valence-electron chi connectivity index (χ1n) is 8.94. The number of fused-ring (bicyclic) bond motifs is 2. The number of nitrogens with zero attached hydrogens (tertiary/aromatic N) is 4. The van der Waals surface area contributed by atoms with Crippen molar-refractivity contribution in [2.45, 2.75) is 32.6 Å². The Balaban J connectivity index is 1.53. The van der Waals surface area contributed by atoms with Gasteiger partial charge in [-0.2, -0.15) is 10.4 Å². The molecule has 0 bridgehead atoms. The number of aromatic nitrogens is 2. The highest BCUT2D eigenvalue weighted by Gasteiger charge is 2.33. The molecule has 28 heavy (non-hydrogen) atoms. The molecule has 2 amide bonds. The van der Waals surface area contributed by atoms with Crippen LogP contribution >= 0.6 is 0 Å². The van der Waals surface area contributed by atoms with E-state index in [9.17, 15) is 9.59 Å². The number of hydrogen-bond acceptors (Lipinski definition) is 6. The minimum Gasteiger partial charge on any atom is -0.488 e. The van der Waals surface area contributed by atoms with Crippen LogP contribution in [0.3, 0.4) is 0 Å². The van der Waals surface area contributed by atoms with Crippen LogP contribution in [-0.4, -0.2) is 41.0 Å². The van der Waals surface area contributed by atoms with E-state index in [1.807, 2.05) is 18.2 Å². The van der Waals surface area contributed by atoms with Gasteiger partial charge in [0.1, 0.15) is 25.0 Å². The van der Waals surface area contributed by atoms with Crippen LogP contribution in [0.5, 0.6) is 5.75 Å². The fourth-order valence-electron chi connectivity index (χ4n) is 3.40. The van der Waals surface area contributed by atoms with Crippen molar-refractivity contribution in [3.05, 3.63) is 41.2 Å². The number of hydrogen-bond donors (Lipinski definition) is 1. The predicted molar refractivity (Wildman–Crippen MR) is 97.7 cm³/mol. The molecule has 2 aliphatic heterocycles. The average Bonchev–Trinajstić information content (AvgIpc) is 3.17. The van der Waals surface area contributed by atoms with Crippen molar-refractivity contribution in [2.75, 3.05) is 18.0 Å². The Kier molecular flexibility index (Phi) is 4.61. The summed E-state index contributed by atoms with van der Waals surface area (Å²) < 4.78 is 12.9. The highest BCUT2D eigenvalue weighted by molar-refractivity contribution is 5.90. The van der Waals surface area contributed by atoms with E-state index in [1.165, 1.54) is 11.8 Å². The molecular formula is C19H19N5O4. The molecule has 0 aliphatic carbocycles. The van der Waals surface area contributed by atoms with Crippen LogP contribution in [0.2, 0.25) is 0 Å². The SMILES string of the molecule is CC(=O)NC[C@H]1CN(c2ccc3c(c2)OCc2cnn(CC#N)c2C3)C(=O)O1. The number of cyclic esters (lactones) is 1. The number of rotatable bonds is 4. The van der Waals surface area contributed by atoms with Crippen molar-refractivity contribution in [1.82, 2.24) is 15.1 Å². The van der Waals surface area contributed by atoms with Gasteiger partial charge in [0.2, 0.25) is 5.91 Å². The van der Waals surface area contributed by atoms with Crippen molar-refractivity contribution < 1.29 is 19.1 Å². The molecule has 2 aromatic rings. The molecule has 2 aliphatic rings. The lowest BCUT2D eigenvalue weighted by Crippen LogP contribution is -2.33. The van der Waals surface area contributed by atoms with Gasteiger partial charge < -0.3 is 14.8 Å². The molecule has 144 valence electrons. The van der Waals surface area contributed by atoms with Crippen molar-refractivity contribution in [3.63, 3.8) is 0 Å². The summed E-state index contributed by atoms with van der Waals surface area (Å²) in [7, 11) is 0. The van der Waals surface area contributed by atoms with Gasteiger partial charge in [0.15, 0.2) is 0 Å². The van der Waals surface area contributed by atoms with Gasteiger partial charge in [0, 0.05) is 30.5 Å². The lowest BCUT2D eigenvalue weighted by Gasteiger charge is -2.16. The molecule has 1 fully saturated rings. The molecule has 0 spiro atoms. The first kappa shape index (κ1) is 17.9. The second-order valence-corrected chi connectivity index (χ2v) is 6.74. The summed E-state index contributed by atoms with van der Waals surface area (Å²) in [5.74, 6) is 0.526. The Hall–Kier alpha value is -3.54. The first-order chi connectivity index (χ1) is 13.5. The van der Waals surface area contributed by atoms with E-state index in [0.717, 1.165) is 16.8 Å². The highest BCUT2D eigenvalue weighted by atomic mass is 16.6. The summed E-state index contributed by atoms with van der Waals surface area (Å²) in [6, 6.07) is 7.70. The molecule has 0 saturated carbocycles. The predicted octanol–water partition coefficient (Wildman–Crippen LogP) is 1.35. The van der Waals surface area contributed by atoms with E-state index in [2.05, 4.69) is 16.5 Å². The van der Waals surface area contributed by atoms with E-state index < -0.39 is 12.2 Å². The number of nitrogens with one attached hydrogen (secondary N) is 1. The molecule has 0 unspecified atom stereocenters. The van der Waals surface area contributed by atoms with Crippen LogP contribution in [0.1, 0.15) is 23.7 Å². The quantitative estimate of drug-likeness (QED) is 0.856. The number of benzene rings is 1. The molecular weight excluding hydrogens is 362 g/mol. The van der Waals surface area contributed by atoms with Crippen LogP contribution in [0.15, 0.2) is 24.4 Å². The number of nitriles is 1. The maximum atomic E-state index is 12.2. The van der Waals surface area contributed by atoms with Gasteiger partial charge in [-0.25, -0.2) is 4.79 Å². The molecule has 1 saturated heterocycles. The van der Waals surface area contributed by atoms with E-state index in [1.54, 1.807) is 10.9 Å². The Labute approximate surface area is 161 Å². The maximum absolute atomic E-state index is 12.2. The van der Waals surface area contributed by atoms with Crippen LogP contribution < -0.4 is 15.0 Å². The van der Waals surface area contributed by atoms with E-state index in [4.69, 9.17) is 14.7 Å². The summed E-state index contributed by atoms with van der Waals surface area (Å²) in [5.41, 5.74) is 3.55. The normalized spacial score (nSPS) is 17.6. The number of carbonyl (C=O) groups is 2. The van der Waals surface area contributed by atoms with Crippen LogP contribution in [-0.2, 0) is 29.1 Å². The molecule has 1 aromatic heterocycles. The Morgan fingerprint density at radius 2 is 2.29 bits per heavy atom. The Bertz CT molecular complexity index is 977. The third kappa shape index (κ3) is 3.36. The average molecular weight is 381 g/mol. The zero-order chi connectivity index (χ0) is 19.7. The third-order valence-electron chi connectivity index (χ3n) is 4.81. The van der Waals surface area contributed by atoms with Crippen molar-refractivity contribution >= 4 is 17.7 Å². The molecule has 1 atom stereocenters. The molecule has 0 radical (unpaired) electrons. The lowest BCUT2D eigenvalue weighted by atomic mass is 10.1. The van der Waals surface area contributed by atoms with Gasteiger partial charge in [0.05, 0.1) is 36.7 Å². The second-order valence-electron chi connectivity index (χ2n) is 6.74. The van der Waals surface area contributed by atoms with Gasteiger partial charge in [-0.15, -0.1) is 0 Å². The summed E-state index contributed by atoms with van der Waals surface area (Å²) in [4.78, 5) is 24.8. The zero-order valence-electron chi connectivity index (χ0n) is 15.3. The number of ether oxygens (including phenoxy) is 2. The second kappa shape index (κ2) is 7.23. The fraction of sp³-hybridized carbons (Fsp3) is 0.368. The van der Waals surface area contributed by atoms with Crippen molar-refractivity contribution in [2.24, 2.45) is 0 Å². The molecule has 1 N–H and O–H groups in total. The van der Waals surface area contributed by atoms with Gasteiger partial charge >= 0.3 is 6.09 Å². The first-order valence-corrected chi connectivity index (χ1v) is 8.94. The lowest BCUT2D eigenvalue weighted by molar-refractivity contribution is -0.119. The monoisotopic (exact) mass is 381 g/mol. The summed E-state index contributed by atoms with van der Waals surface area (Å²) in [6.07, 6.45) is 1.49. The Morgan fingerprint density at radius 1 is 1.43 bits per heavy atom. The Morgan fingerprint density at radius 3 is 3.07 bits per heavy atom. The standard InChI is InChI=1S/C19H19N5O4/c1-12(25)21-9-16-10-23(19(26)28-16)15-3-2-13-6-17-14(11-27-18(13)7-15)8-22-24(17)5-4-20/h2-3,7-8,16H,5-6,9-11H2,1H3,(H,21,25)/t16-/m0/s1. The van der Waals surface area contributed by atoms with Crippen LogP contribution in [0.4, 0.5) is 10.5 Å². The van der Waals surface area contributed by atoms with Crippen molar-refractivity contribution in [1.29, 1.82) is 5.26 Å². The smallest absolute Gasteiger partial charge is 0.414 e. The molecule has 1 aromatic carbocycles. The number of carbonyl (C=O) groups excluding carboxylic acids is 2. The molecule has 3 heterocycles. The highest BCUT2D eigenvalue weighted by Crippen LogP contribution is 2.33. The summed E-state index contributed by atoms with van der Waals surface area (Å²) >= 11 is 0. The van der Waals surface area contributed by atoms with Crippen molar-refractivity contribution in [3.8, 4) is 11.8 Å². The maximum Gasteiger partial charge on any atom is 0.414 e. The van der Waals surface area contributed by atoms with Gasteiger partial charge in [-0.1, -0.05) is 6.07 Å². The molecule has 4 rings (SSSR count). The minimum atomic E-state index is -0.447. The van der Waals surface area contributed by atoms with E-state index in [-0.39, 0.29) is 19.0 Å². The minimum absolute atomic E-state index is 0.164. The van der Waals surface area contributed by atoms with Gasteiger partial charge in [0.25, 0.3) is 0 Å². The number of anilines is 1. The number of amides is 2. The topological polar surface area (TPSA) is 109 Å². The van der Waals surface area contributed by atoms with Crippen LogP contribution in [0.25, 0.3) is 0 Å². The van der Waals surface area contributed by atoms with E-state index in [0.29, 0.717) is 31.0 Å². The largest absolute Gasteiger partial charge is 0.488 e. The summed E-state index contributed by atoms with van der Waals surface area (Å²) in [5, 5.41) is 15.9. The van der Waals surface area contributed by atoms with Gasteiger partial charge in [-0.05, 0) is 6.07 Å². The zero-order valence-corrected chi connectivity index (χ0v) is 15.3. The van der Waals surface area contributed by atoms with Gasteiger partial charge in [-0.3, -0.25) is 14.4 Å².